The molecule has 7 aromatic carbocycles. The molecule has 0 unspecified atom stereocenters. The maximum absolute atomic E-state index is 3.63. The first kappa shape index (κ1) is 27.9. The van der Waals surface area contributed by atoms with Gasteiger partial charge in [-0.1, -0.05) is 170 Å². The van der Waals surface area contributed by atoms with E-state index in [-0.39, 0.29) is 0 Å². The van der Waals surface area contributed by atoms with Crippen LogP contribution in [0.3, 0.4) is 0 Å². The van der Waals surface area contributed by atoms with E-state index >= 15 is 0 Å². The predicted molar refractivity (Wildman–Crippen MR) is 207 cm³/mol. The second-order valence-corrected chi connectivity index (χ2v) is 12.4. The number of para-hydroxylation sites is 4. The van der Waals surface area contributed by atoms with Crippen LogP contribution in [-0.2, 0) is 0 Å². The number of H-pyrrole nitrogens is 2. The van der Waals surface area contributed by atoms with Gasteiger partial charge in [-0.3, -0.25) is 0 Å². The topological polar surface area (TPSA) is 31.6 Å². The first-order valence-electron chi connectivity index (χ1n) is 16.4. The minimum atomic E-state index is 1.17. The highest BCUT2D eigenvalue weighted by atomic mass is 14.7. The summed E-state index contributed by atoms with van der Waals surface area (Å²) in [5.41, 5.74) is 14.3. The zero-order chi connectivity index (χ0) is 31.9. The molecule has 2 N–H and O–H groups in total. The van der Waals surface area contributed by atoms with Crippen molar-refractivity contribution in [1.82, 2.24) is 9.97 Å². The second-order valence-electron chi connectivity index (χ2n) is 12.4. The Balaban J connectivity index is 0.878. The Morgan fingerprint density at radius 3 is 1.02 bits per heavy atom. The van der Waals surface area contributed by atoms with Crippen molar-refractivity contribution in [2.45, 2.75) is 0 Å². The number of aromatic nitrogens is 2. The number of hydrogen-bond donors (Lipinski definition) is 2. The van der Waals surface area contributed by atoms with Crippen molar-refractivity contribution >= 4 is 67.9 Å². The first-order valence-corrected chi connectivity index (χ1v) is 16.4. The van der Waals surface area contributed by atoms with Gasteiger partial charge in [0.1, 0.15) is 0 Å². The first-order chi connectivity index (χ1) is 23.8. The van der Waals surface area contributed by atoms with E-state index in [4.69, 9.17) is 0 Å². The van der Waals surface area contributed by atoms with Gasteiger partial charge in [0.25, 0.3) is 0 Å². The molecule has 2 heteroatoms. The summed E-state index contributed by atoms with van der Waals surface area (Å²) in [7, 11) is 0. The quantitative estimate of drug-likeness (QED) is 0.175. The summed E-state index contributed by atoms with van der Waals surface area (Å²) in [6.07, 6.45) is 8.70. The normalized spacial score (nSPS) is 12.0. The van der Waals surface area contributed by atoms with E-state index in [1.165, 1.54) is 88.1 Å². The van der Waals surface area contributed by atoms with Crippen LogP contribution < -0.4 is 0 Å². The van der Waals surface area contributed by atoms with Crippen LogP contribution in [0.5, 0.6) is 0 Å². The lowest BCUT2D eigenvalue weighted by molar-refractivity contribution is 1.53. The predicted octanol–water partition coefficient (Wildman–Crippen LogP) is 12.6. The highest BCUT2D eigenvalue weighted by Crippen LogP contribution is 2.34. The average molecular weight is 613 g/mol. The molecule has 0 radical (unpaired) electrons. The number of rotatable bonds is 6. The molecule has 0 atom stereocenters. The molecule has 2 heterocycles. The van der Waals surface area contributed by atoms with E-state index in [0.29, 0.717) is 0 Å². The Labute approximate surface area is 279 Å². The molecule has 0 saturated heterocycles. The zero-order valence-corrected chi connectivity index (χ0v) is 26.3. The van der Waals surface area contributed by atoms with Crippen LogP contribution in [0.4, 0.5) is 0 Å². The summed E-state index contributed by atoms with van der Waals surface area (Å²) in [6, 6.07) is 56.4. The Morgan fingerprint density at radius 1 is 0.292 bits per heavy atom. The van der Waals surface area contributed by atoms with Gasteiger partial charge in [-0.15, -0.1) is 0 Å². The number of nitrogens with one attached hydrogen (secondary N) is 2. The van der Waals surface area contributed by atoms with E-state index in [2.05, 4.69) is 192 Å². The molecular formula is C46H32N2. The van der Waals surface area contributed by atoms with Gasteiger partial charge in [-0.25, -0.2) is 0 Å². The second kappa shape index (κ2) is 11.8. The van der Waals surface area contributed by atoms with Crippen molar-refractivity contribution in [3.05, 3.63) is 180 Å². The molecule has 48 heavy (non-hydrogen) atoms. The largest absolute Gasteiger partial charge is 0.354 e. The van der Waals surface area contributed by atoms with Crippen molar-refractivity contribution in [3.8, 4) is 22.3 Å². The SMILES string of the molecule is C(=C\c1ccc(-c2cccc3c2[nH]c2ccccc23)cc1)/c1ccc(/C=C/c2ccc(-c3cccc4c3[nH]c3ccccc34)cc2)cc1. The molecule has 2 nitrogen and oxygen atoms in total. The summed E-state index contributed by atoms with van der Waals surface area (Å²) < 4.78 is 0. The molecule has 0 aliphatic heterocycles. The van der Waals surface area contributed by atoms with Crippen LogP contribution >= 0.6 is 0 Å². The number of aromatic amines is 2. The van der Waals surface area contributed by atoms with Crippen molar-refractivity contribution in [2.24, 2.45) is 0 Å². The van der Waals surface area contributed by atoms with E-state index < -0.39 is 0 Å². The minimum Gasteiger partial charge on any atom is -0.354 e. The molecule has 0 amide bonds. The van der Waals surface area contributed by atoms with E-state index in [1.54, 1.807) is 0 Å². The van der Waals surface area contributed by atoms with Crippen molar-refractivity contribution in [1.29, 1.82) is 0 Å². The Morgan fingerprint density at radius 2 is 0.625 bits per heavy atom. The lowest BCUT2D eigenvalue weighted by atomic mass is 10.0. The van der Waals surface area contributed by atoms with E-state index in [9.17, 15) is 0 Å². The molecule has 0 fully saturated rings. The minimum absolute atomic E-state index is 1.17. The van der Waals surface area contributed by atoms with Gasteiger partial charge in [-0.05, 0) is 45.5 Å². The van der Waals surface area contributed by atoms with Crippen LogP contribution in [-0.4, -0.2) is 9.97 Å². The van der Waals surface area contributed by atoms with Crippen LogP contribution in [0.1, 0.15) is 22.3 Å². The maximum Gasteiger partial charge on any atom is 0.0544 e. The molecule has 9 aromatic rings. The molecule has 0 aliphatic rings. The molecule has 0 saturated carbocycles. The molecule has 2 aromatic heterocycles. The van der Waals surface area contributed by atoms with E-state index in [0.717, 1.165) is 0 Å². The summed E-state index contributed by atoms with van der Waals surface area (Å²) >= 11 is 0. The fraction of sp³-hybridized carbons (Fsp3) is 0. The smallest absolute Gasteiger partial charge is 0.0544 e. The van der Waals surface area contributed by atoms with Crippen molar-refractivity contribution in [2.75, 3.05) is 0 Å². The third-order valence-corrected chi connectivity index (χ3v) is 9.40. The number of hydrogen-bond acceptors (Lipinski definition) is 0. The maximum atomic E-state index is 3.63. The molecule has 9 rings (SSSR count). The average Bonchev–Trinajstić information content (AvgIpc) is 3.73. The molecule has 226 valence electrons. The van der Waals surface area contributed by atoms with Gasteiger partial charge in [-0.2, -0.15) is 0 Å². The molecule has 0 bridgehead atoms. The third kappa shape index (κ3) is 5.10. The number of benzene rings is 7. The highest BCUT2D eigenvalue weighted by molar-refractivity contribution is 6.12. The van der Waals surface area contributed by atoms with E-state index in [1.807, 2.05) is 0 Å². The zero-order valence-electron chi connectivity index (χ0n) is 26.3. The van der Waals surface area contributed by atoms with Crippen LogP contribution in [0.25, 0.3) is 90.2 Å². The fourth-order valence-corrected chi connectivity index (χ4v) is 6.88. The number of fused-ring (bicyclic) bond motifs is 6. The summed E-state index contributed by atoms with van der Waals surface area (Å²) in [5, 5.41) is 5.05. The van der Waals surface area contributed by atoms with Gasteiger partial charge in [0, 0.05) is 43.7 Å². The van der Waals surface area contributed by atoms with Gasteiger partial charge < -0.3 is 9.97 Å². The van der Waals surface area contributed by atoms with Gasteiger partial charge >= 0.3 is 0 Å². The molecular weight excluding hydrogens is 581 g/mol. The highest BCUT2D eigenvalue weighted by Gasteiger charge is 2.10. The fourth-order valence-electron chi connectivity index (χ4n) is 6.88. The van der Waals surface area contributed by atoms with Gasteiger partial charge in [0.05, 0.1) is 11.0 Å². The van der Waals surface area contributed by atoms with Crippen LogP contribution in [0.2, 0.25) is 0 Å². The standard InChI is InChI=1S/C46H32N2/c1-3-13-43-39(7-1)41-11-5-9-37(45(41)47-43)35-27-23-33(24-28-35)21-19-31-15-17-32(18-16-31)20-22-34-25-29-36(30-26-34)38-10-6-12-42-40-8-2-4-14-44(40)48-46(38)42/h1-30,47-48H/b21-19+,22-20+. The summed E-state index contributed by atoms with van der Waals surface area (Å²) in [5.74, 6) is 0. The van der Waals surface area contributed by atoms with Crippen LogP contribution in [0.15, 0.2) is 158 Å². The third-order valence-electron chi connectivity index (χ3n) is 9.40. The molecule has 0 aliphatic carbocycles. The van der Waals surface area contributed by atoms with Crippen molar-refractivity contribution < 1.29 is 0 Å². The summed E-state index contributed by atoms with van der Waals surface area (Å²) in [4.78, 5) is 7.25. The Hall–Kier alpha value is -6.38. The van der Waals surface area contributed by atoms with Gasteiger partial charge in [0.15, 0.2) is 0 Å². The van der Waals surface area contributed by atoms with Crippen molar-refractivity contribution in [3.63, 3.8) is 0 Å². The Bertz CT molecular complexity index is 2440. The lowest BCUT2D eigenvalue weighted by Gasteiger charge is -2.05. The summed E-state index contributed by atoms with van der Waals surface area (Å²) in [6.45, 7) is 0. The van der Waals surface area contributed by atoms with Gasteiger partial charge in [0.2, 0.25) is 0 Å². The Kier molecular flexibility index (Phi) is 6.84. The molecule has 0 spiro atoms. The monoisotopic (exact) mass is 612 g/mol. The lowest BCUT2D eigenvalue weighted by Crippen LogP contribution is -1.81. The van der Waals surface area contributed by atoms with Crippen LogP contribution in [0, 0.1) is 0 Å².